The van der Waals surface area contributed by atoms with Crippen molar-refractivity contribution in [3.63, 3.8) is 0 Å². The van der Waals surface area contributed by atoms with Gasteiger partial charge in [-0.15, -0.1) is 11.8 Å². The lowest BCUT2D eigenvalue weighted by atomic mass is 10.2. The lowest BCUT2D eigenvalue weighted by molar-refractivity contribution is 0.592. The van der Waals surface area contributed by atoms with E-state index in [1.54, 1.807) is 11.8 Å². The van der Waals surface area contributed by atoms with Crippen LogP contribution in [0.15, 0.2) is 35.2 Å². The summed E-state index contributed by atoms with van der Waals surface area (Å²) in [6.45, 7) is 5.12. The third kappa shape index (κ3) is 4.50. The zero-order valence-electron chi connectivity index (χ0n) is 12.6. The van der Waals surface area contributed by atoms with E-state index in [0.29, 0.717) is 0 Å². The van der Waals surface area contributed by atoms with Crippen molar-refractivity contribution in [3.05, 3.63) is 46.7 Å². The fourth-order valence-corrected chi connectivity index (χ4v) is 3.40. The molecule has 0 amide bonds. The van der Waals surface area contributed by atoms with Crippen molar-refractivity contribution in [3.8, 4) is 0 Å². The highest BCUT2D eigenvalue weighted by atomic mass is 35.5. The van der Waals surface area contributed by atoms with E-state index in [4.69, 9.17) is 17.3 Å². The minimum Gasteiger partial charge on any atom is -0.327 e. The van der Waals surface area contributed by atoms with Crippen molar-refractivity contribution in [1.29, 1.82) is 0 Å². The number of hydrogen-bond donors (Lipinski definition) is 1. The van der Waals surface area contributed by atoms with Gasteiger partial charge in [-0.25, -0.2) is 0 Å². The first kappa shape index (κ1) is 16.4. The summed E-state index contributed by atoms with van der Waals surface area (Å²) in [5.41, 5.74) is 8.63. The Morgan fingerprint density at radius 2 is 2.10 bits per heavy atom. The van der Waals surface area contributed by atoms with E-state index in [2.05, 4.69) is 29.7 Å². The van der Waals surface area contributed by atoms with Gasteiger partial charge in [0, 0.05) is 35.3 Å². The minimum atomic E-state index is 0.0954. The first-order valence-corrected chi connectivity index (χ1v) is 8.68. The fourth-order valence-electron chi connectivity index (χ4n) is 2.21. The molecule has 0 aliphatic carbocycles. The molecule has 2 rings (SSSR count). The quantitative estimate of drug-likeness (QED) is 0.789. The average Bonchev–Trinajstić information content (AvgIpc) is 2.88. The predicted molar refractivity (Wildman–Crippen MR) is 91.1 cm³/mol. The zero-order chi connectivity index (χ0) is 15.2. The predicted octanol–water partition coefficient (Wildman–Crippen LogP) is 3.78. The van der Waals surface area contributed by atoms with Gasteiger partial charge in [-0.05, 0) is 31.5 Å². The Balaban J connectivity index is 1.94. The summed E-state index contributed by atoms with van der Waals surface area (Å²) in [6, 6.07) is 10.2. The van der Waals surface area contributed by atoms with Crippen LogP contribution in [0.2, 0.25) is 5.02 Å². The summed E-state index contributed by atoms with van der Waals surface area (Å²) in [7, 11) is 0. The lowest BCUT2D eigenvalue weighted by Crippen LogP contribution is -2.27. The molecule has 2 N–H and O–H groups in total. The van der Waals surface area contributed by atoms with E-state index >= 15 is 0 Å². The maximum Gasteiger partial charge on any atom is 0.0624 e. The Bertz CT molecular complexity index is 583. The summed E-state index contributed by atoms with van der Waals surface area (Å²) in [5, 5.41) is 5.36. The van der Waals surface area contributed by atoms with Crippen LogP contribution < -0.4 is 5.73 Å². The third-order valence-corrected chi connectivity index (χ3v) is 5.04. The normalized spacial score (nSPS) is 12.6. The average molecular weight is 324 g/mol. The van der Waals surface area contributed by atoms with Crippen LogP contribution in [-0.2, 0) is 19.4 Å². The van der Waals surface area contributed by atoms with Gasteiger partial charge in [0.05, 0.1) is 10.7 Å². The van der Waals surface area contributed by atoms with Gasteiger partial charge < -0.3 is 5.73 Å². The number of benzene rings is 1. The van der Waals surface area contributed by atoms with Crippen LogP contribution in [0.25, 0.3) is 0 Å². The highest BCUT2D eigenvalue weighted by molar-refractivity contribution is 7.99. The number of halogens is 1. The van der Waals surface area contributed by atoms with Gasteiger partial charge in [-0.2, -0.15) is 5.10 Å². The third-order valence-electron chi connectivity index (χ3n) is 3.34. The number of hydrogen-bond acceptors (Lipinski definition) is 3. The number of thioether (sulfide) groups is 1. The topological polar surface area (TPSA) is 43.8 Å². The minimum absolute atomic E-state index is 0.0954. The van der Waals surface area contributed by atoms with Crippen molar-refractivity contribution < 1.29 is 0 Å². The highest BCUT2D eigenvalue weighted by Gasteiger charge is 2.11. The first-order chi connectivity index (χ1) is 10.1. The molecule has 1 aromatic heterocycles. The summed E-state index contributed by atoms with van der Waals surface area (Å²) in [5.74, 6) is 0.847. The number of rotatable bonds is 7. The molecule has 1 aromatic carbocycles. The smallest absolute Gasteiger partial charge is 0.0624 e. The lowest BCUT2D eigenvalue weighted by Gasteiger charge is -2.12. The number of nitrogens with two attached hydrogens (primary N) is 1. The van der Waals surface area contributed by atoms with Crippen LogP contribution in [0, 0.1) is 0 Å². The SMILES string of the molecule is CCc1cc(CC(N)CSc2ccccc2Cl)n(CC)n1. The fraction of sp³-hybridized carbons (Fsp3) is 0.438. The molecule has 0 spiro atoms. The van der Waals surface area contributed by atoms with Gasteiger partial charge in [0.2, 0.25) is 0 Å². The molecule has 5 heteroatoms. The summed E-state index contributed by atoms with van der Waals surface area (Å²) in [4.78, 5) is 1.09. The van der Waals surface area contributed by atoms with Crippen LogP contribution in [0.3, 0.4) is 0 Å². The molecular weight excluding hydrogens is 302 g/mol. The Hall–Kier alpha value is -0.970. The van der Waals surface area contributed by atoms with Gasteiger partial charge in [0.1, 0.15) is 0 Å². The van der Waals surface area contributed by atoms with Crippen molar-refractivity contribution >= 4 is 23.4 Å². The molecule has 0 radical (unpaired) electrons. The monoisotopic (exact) mass is 323 g/mol. The van der Waals surface area contributed by atoms with E-state index < -0.39 is 0 Å². The second-order valence-electron chi connectivity index (χ2n) is 5.00. The zero-order valence-corrected chi connectivity index (χ0v) is 14.1. The molecule has 1 unspecified atom stereocenters. The van der Waals surface area contributed by atoms with Crippen molar-refractivity contribution in [2.24, 2.45) is 5.73 Å². The first-order valence-electron chi connectivity index (χ1n) is 7.32. The molecule has 114 valence electrons. The molecule has 3 nitrogen and oxygen atoms in total. The molecule has 0 fully saturated rings. The van der Waals surface area contributed by atoms with Gasteiger partial charge in [-0.3, -0.25) is 4.68 Å². The molecule has 0 bridgehead atoms. The number of nitrogens with zero attached hydrogens (tertiary/aromatic N) is 2. The Labute approximate surface area is 135 Å². The molecule has 0 saturated carbocycles. The summed E-state index contributed by atoms with van der Waals surface area (Å²) in [6.07, 6.45) is 1.81. The molecule has 0 aliphatic rings. The van der Waals surface area contributed by atoms with Crippen molar-refractivity contribution in [1.82, 2.24) is 9.78 Å². The second kappa shape index (κ2) is 7.87. The van der Waals surface area contributed by atoms with Gasteiger partial charge in [0.25, 0.3) is 0 Å². The number of aryl methyl sites for hydroxylation is 2. The van der Waals surface area contributed by atoms with E-state index in [-0.39, 0.29) is 6.04 Å². The molecular formula is C16H22ClN3S. The van der Waals surface area contributed by atoms with Crippen molar-refractivity contribution in [2.75, 3.05) is 5.75 Å². The van der Waals surface area contributed by atoms with Crippen LogP contribution >= 0.6 is 23.4 Å². The van der Waals surface area contributed by atoms with E-state index in [9.17, 15) is 0 Å². The molecule has 0 aliphatic heterocycles. The van der Waals surface area contributed by atoms with E-state index in [1.165, 1.54) is 5.69 Å². The summed E-state index contributed by atoms with van der Waals surface area (Å²) >= 11 is 7.88. The van der Waals surface area contributed by atoms with Crippen LogP contribution in [0.5, 0.6) is 0 Å². The molecule has 0 saturated heterocycles. The van der Waals surface area contributed by atoms with Gasteiger partial charge >= 0.3 is 0 Å². The Morgan fingerprint density at radius 3 is 2.76 bits per heavy atom. The second-order valence-corrected chi connectivity index (χ2v) is 6.47. The molecule has 2 aromatic rings. The van der Waals surface area contributed by atoms with Crippen molar-refractivity contribution in [2.45, 2.75) is 44.2 Å². The Morgan fingerprint density at radius 1 is 1.33 bits per heavy atom. The van der Waals surface area contributed by atoms with Gasteiger partial charge in [-0.1, -0.05) is 30.7 Å². The van der Waals surface area contributed by atoms with Gasteiger partial charge in [0.15, 0.2) is 0 Å². The van der Waals surface area contributed by atoms with E-state index in [0.717, 1.165) is 40.8 Å². The summed E-state index contributed by atoms with van der Waals surface area (Å²) < 4.78 is 2.05. The largest absolute Gasteiger partial charge is 0.327 e. The molecule has 1 atom stereocenters. The van der Waals surface area contributed by atoms with Crippen LogP contribution in [-0.4, -0.2) is 21.6 Å². The number of aromatic nitrogens is 2. The Kier molecular flexibility index (Phi) is 6.15. The van der Waals surface area contributed by atoms with E-state index in [1.807, 2.05) is 24.3 Å². The maximum absolute atomic E-state index is 6.27. The maximum atomic E-state index is 6.27. The molecule has 21 heavy (non-hydrogen) atoms. The van der Waals surface area contributed by atoms with Crippen LogP contribution in [0.1, 0.15) is 25.2 Å². The molecule has 1 heterocycles. The highest BCUT2D eigenvalue weighted by Crippen LogP contribution is 2.27. The van der Waals surface area contributed by atoms with Crippen LogP contribution in [0.4, 0.5) is 0 Å². The standard InChI is InChI=1S/C16H22ClN3S/c1-3-13-10-14(20(4-2)19-13)9-12(18)11-21-16-8-6-5-7-15(16)17/h5-8,10,12H,3-4,9,11,18H2,1-2H3.